The molecular weight excluding hydrogens is 484 g/mol. The molecule has 1 heterocycles. The van der Waals surface area contributed by atoms with Gasteiger partial charge in [-0.15, -0.1) is 0 Å². The van der Waals surface area contributed by atoms with Gasteiger partial charge in [0.15, 0.2) is 0 Å². The van der Waals surface area contributed by atoms with Crippen LogP contribution in [0.2, 0.25) is 0 Å². The first-order valence-electron chi connectivity index (χ1n) is 14.3. The number of aromatic nitrogens is 1. The van der Waals surface area contributed by atoms with Crippen LogP contribution in [0.15, 0.2) is 133 Å². The molecule has 7 rings (SSSR count). The molecule has 0 saturated heterocycles. The summed E-state index contributed by atoms with van der Waals surface area (Å²) >= 11 is 0. The van der Waals surface area contributed by atoms with E-state index in [2.05, 4.69) is 163 Å². The average Bonchev–Trinajstić information content (AvgIpc) is 3.36. The van der Waals surface area contributed by atoms with Gasteiger partial charge < -0.3 is 9.47 Å². The fourth-order valence-corrected chi connectivity index (χ4v) is 6.52. The molecule has 2 aliphatic carbocycles. The van der Waals surface area contributed by atoms with Gasteiger partial charge in [-0.25, -0.2) is 0 Å². The molecule has 5 aromatic rings. The quantitative estimate of drug-likeness (QED) is 0.225. The molecule has 2 atom stereocenters. The highest BCUT2D eigenvalue weighted by molar-refractivity contribution is 5.90. The molecule has 0 radical (unpaired) electrons. The maximum absolute atomic E-state index is 2.58. The Kier molecular flexibility index (Phi) is 6.04. The van der Waals surface area contributed by atoms with Crippen molar-refractivity contribution in [3.8, 4) is 0 Å². The Labute approximate surface area is 237 Å². The summed E-state index contributed by atoms with van der Waals surface area (Å²) in [5.41, 5.74) is 10.1. The van der Waals surface area contributed by atoms with Gasteiger partial charge in [0.2, 0.25) is 0 Å². The van der Waals surface area contributed by atoms with Crippen LogP contribution in [0.25, 0.3) is 22.6 Å². The summed E-state index contributed by atoms with van der Waals surface area (Å²) < 4.78 is 2.58. The molecular formula is C38H34N2. The smallest absolute Gasteiger partial charge is 0.0643 e. The lowest BCUT2D eigenvalue weighted by molar-refractivity contribution is 0.422. The largest absolute Gasteiger partial charge is 0.331 e. The van der Waals surface area contributed by atoms with E-state index >= 15 is 0 Å². The fourth-order valence-electron chi connectivity index (χ4n) is 6.52. The summed E-state index contributed by atoms with van der Waals surface area (Å²) in [6.45, 7) is 4.73. The first kappa shape index (κ1) is 24.5. The highest BCUT2D eigenvalue weighted by Gasteiger charge is 2.32. The minimum Gasteiger partial charge on any atom is -0.331 e. The van der Waals surface area contributed by atoms with Crippen LogP contribution < -0.4 is 4.90 Å². The van der Waals surface area contributed by atoms with Gasteiger partial charge in [0.05, 0.1) is 5.54 Å². The zero-order chi connectivity index (χ0) is 27.1. The Balaban J connectivity index is 1.21. The topological polar surface area (TPSA) is 8.17 Å². The van der Waals surface area contributed by atoms with Crippen LogP contribution in [0, 0.1) is 0 Å². The van der Waals surface area contributed by atoms with Crippen molar-refractivity contribution >= 4 is 39.6 Å². The molecule has 0 fully saturated rings. The number of rotatable bonds is 5. The van der Waals surface area contributed by atoms with Crippen molar-refractivity contribution in [3.05, 3.63) is 150 Å². The third-order valence-electron chi connectivity index (χ3n) is 8.57. The van der Waals surface area contributed by atoms with Crippen LogP contribution in [0.5, 0.6) is 0 Å². The molecule has 40 heavy (non-hydrogen) atoms. The second-order valence-electron chi connectivity index (χ2n) is 11.3. The van der Waals surface area contributed by atoms with Crippen molar-refractivity contribution < 1.29 is 0 Å². The molecule has 0 amide bonds. The SMILES string of the molecule is CC1CC=Cc2c1c1ccccc1n2C1(C)C=CC(c2ccc(N(c3ccccc3)c3ccccc3)cc2)=CC1. The van der Waals surface area contributed by atoms with Gasteiger partial charge in [0, 0.05) is 33.7 Å². The molecule has 2 heteroatoms. The molecule has 2 nitrogen and oxygen atoms in total. The summed E-state index contributed by atoms with van der Waals surface area (Å²) in [4.78, 5) is 2.31. The van der Waals surface area contributed by atoms with E-state index in [1.54, 1.807) is 0 Å². The van der Waals surface area contributed by atoms with Crippen LogP contribution in [0.3, 0.4) is 0 Å². The lowest BCUT2D eigenvalue weighted by atomic mass is 9.86. The summed E-state index contributed by atoms with van der Waals surface area (Å²) in [5, 5.41) is 1.40. The van der Waals surface area contributed by atoms with Crippen LogP contribution in [-0.4, -0.2) is 4.57 Å². The number of benzene rings is 4. The zero-order valence-electron chi connectivity index (χ0n) is 23.2. The van der Waals surface area contributed by atoms with Crippen molar-refractivity contribution in [1.82, 2.24) is 4.57 Å². The molecule has 2 aliphatic rings. The van der Waals surface area contributed by atoms with E-state index < -0.39 is 0 Å². The summed E-state index contributed by atoms with van der Waals surface area (Å²) in [7, 11) is 0. The zero-order valence-corrected chi connectivity index (χ0v) is 23.2. The molecule has 0 spiro atoms. The lowest BCUT2D eigenvalue weighted by Crippen LogP contribution is -2.30. The highest BCUT2D eigenvalue weighted by Crippen LogP contribution is 2.44. The van der Waals surface area contributed by atoms with E-state index in [0.717, 1.165) is 29.9 Å². The summed E-state index contributed by atoms with van der Waals surface area (Å²) in [6, 6.07) is 39.1. The number of anilines is 3. The van der Waals surface area contributed by atoms with E-state index in [-0.39, 0.29) is 5.54 Å². The molecule has 0 saturated carbocycles. The van der Waals surface area contributed by atoms with E-state index in [9.17, 15) is 0 Å². The molecule has 196 valence electrons. The monoisotopic (exact) mass is 518 g/mol. The Morgan fingerprint density at radius 2 is 1.35 bits per heavy atom. The molecule has 0 N–H and O–H groups in total. The van der Waals surface area contributed by atoms with Crippen molar-refractivity contribution in [3.63, 3.8) is 0 Å². The second-order valence-corrected chi connectivity index (χ2v) is 11.3. The number of hydrogen-bond donors (Lipinski definition) is 0. The summed E-state index contributed by atoms with van der Waals surface area (Å²) in [6.07, 6.45) is 13.9. The van der Waals surface area contributed by atoms with Gasteiger partial charge in [-0.1, -0.05) is 98.0 Å². The first-order chi connectivity index (χ1) is 19.6. The first-order valence-corrected chi connectivity index (χ1v) is 14.3. The Morgan fingerprint density at radius 3 is 2.00 bits per heavy atom. The van der Waals surface area contributed by atoms with Crippen molar-refractivity contribution in [2.45, 2.75) is 38.1 Å². The standard InChI is InChI=1S/C38H34N2/c1-28-12-11-19-36-37(28)34-17-9-10-18-35(34)40(36)38(2)26-24-30(25-27-38)29-20-22-33(23-21-29)39(31-13-5-3-6-14-31)32-15-7-4-8-16-32/h3-11,13-26,28H,12,27H2,1-2H3. The van der Waals surface area contributed by atoms with Crippen LogP contribution >= 0.6 is 0 Å². The molecule has 1 aromatic heterocycles. The van der Waals surface area contributed by atoms with Crippen LogP contribution in [0.1, 0.15) is 49.4 Å². The average molecular weight is 519 g/mol. The van der Waals surface area contributed by atoms with Gasteiger partial charge >= 0.3 is 0 Å². The number of fused-ring (bicyclic) bond motifs is 3. The summed E-state index contributed by atoms with van der Waals surface area (Å²) in [5.74, 6) is 0.540. The van der Waals surface area contributed by atoms with E-state index in [1.165, 1.54) is 33.3 Å². The third kappa shape index (κ3) is 4.12. The predicted molar refractivity (Wildman–Crippen MR) is 171 cm³/mol. The minimum absolute atomic E-state index is 0.116. The van der Waals surface area contributed by atoms with Gasteiger partial charge in [0.1, 0.15) is 0 Å². The van der Waals surface area contributed by atoms with Crippen molar-refractivity contribution in [2.75, 3.05) is 4.90 Å². The molecule has 0 bridgehead atoms. The number of hydrogen-bond acceptors (Lipinski definition) is 1. The molecule has 0 aliphatic heterocycles. The maximum Gasteiger partial charge on any atom is 0.0643 e. The molecule has 4 aromatic carbocycles. The van der Waals surface area contributed by atoms with Gasteiger partial charge in [0.25, 0.3) is 0 Å². The second kappa shape index (κ2) is 9.88. The van der Waals surface area contributed by atoms with E-state index in [4.69, 9.17) is 0 Å². The minimum atomic E-state index is -0.116. The third-order valence-corrected chi connectivity index (χ3v) is 8.57. The number of allylic oxidation sites excluding steroid dienone is 5. The molecule has 2 unspecified atom stereocenters. The van der Waals surface area contributed by atoms with Crippen LogP contribution in [0.4, 0.5) is 17.1 Å². The van der Waals surface area contributed by atoms with Gasteiger partial charge in [-0.05, 0) is 90.9 Å². The normalized spacial score (nSPS) is 19.9. The fraction of sp³-hybridized carbons (Fsp3) is 0.158. The Hall–Kier alpha value is -4.56. The van der Waals surface area contributed by atoms with Gasteiger partial charge in [-0.3, -0.25) is 0 Å². The van der Waals surface area contributed by atoms with Crippen LogP contribution in [-0.2, 0) is 5.54 Å². The van der Waals surface area contributed by atoms with Gasteiger partial charge in [-0.2, -0.15) is 0 Å². The van der Waals surface area contributed by atoms with E-state index in [0.29, 0.717) is 5.92 Å². The van der Waals surface area contributed by atoms with E-state index in [1.807, 2.05) is 0 Å². The van der Waals surface area contributed by atoms with Crippen molar-refractivity contribution in [1.29, 1.82) is 0 Å². The number of nitrogens with zero attached hydrogens (tertiary/aromatic N) is 2. The Bertz CT molecular complexity index is 1710. The predicted octanol–water partition coefficient (Wildman–Crippen LogP) is 10.4. The maximum atomic E-state index is 2.58. The lowest BCUT2D eigenvalue weighted by Gasteiger charge is -2.33. The Morgan fingerprint density at radius 1 is 0.725 bits per heavy atom. The number of para-hydroxylation sites is 3. The highest BCUT2D eigenvalue weighted by atomic mass is 15.1. The van der Waals surface area contributed by atoms with Crippen molar-refractivity contribution in [2.24, 2.45) is 0 Å².